The van der Waals surface area contributed by atoms with E-state index in [1.807, 2.05) is 25.1 Å². The Bertz CT molecular complexity index is 1750. The van der Waals surface area contributed by atoms with Gasteiger partial charge < -0.3 is 19.7 Å². The van der Waals surface area contributed by atoms with Crippen molar-refractivity contribution in [1.82, 2.24) is 14.9 Å². The van der Waals surface area contributed by atoms with Crippen LogP contribution in [0.1, 0.15) is 28.7 Å². The number of benzene rings is 4. The van der Waals surface area contributed by atoms with Crippen LogP contribution in [0.3, 0.4) is 0 Å². The largest absolute Gasteiger partial charge is 0.508 e. The van der Waals surface area contributed by atoms with E-state index in [0.717, 1.165) is 86.8 Å². The van der Waals surface area contributed by atoms with Crippen molar-refractivity contribution in [3.05, 3.63) is 95.1 Å². The van der Waals surface area contributed by atoms with Gasteiger partial charge in [0.25, 0.3) is 0 Å². The van der Waals surface area contributed by atoms with Crippen molar-refractivity contribution in [2.75, 3.05) is 27.2 Å². The van der Waals surface area contributed by atoms with Gasteiger partial charge in [-0.15, -0.1) is 0 Å². The normalized spacial score (nSPS) is 12.7. The summed E-state index contributed by atoms with van der Waals surface area (Å²) in [6, 6.07) is 24.8. The third kappa shape index (κ3) is 5.23. The number of phenols is 1. The first-order valence-electron chi connectivity index (χ1n) is 13.7. The van der Waals surface area contributed by atoms with Gasteiger partial charge in [-0.3, -0.25) is 4.99 Å². The number of nitrogens with zero attached hydrogens (tertiary/aromatic N) is 3. The van der Waals surface area contributed by atoms with Crippen LogP contribution in [0, 0.1) is 13.8 Å². The molecule has 5 aromatic rings. The number of fused-ring (bicyclic) bond motifs is 2. The Morgan fingerprint density at radius 2 is 1.60 bits per heavy atom. The lowest BCUT2D eigenvalue weighted by molar-refractivity contribution is 0.280. The zero-order valence-electron chi connectivity index (χ0n) is 23.5. The molecule has 6 heteroatoms. The molecule has 2 heterocycles. The van der Waals surface area contributed by atoms with Gasteiger partial charge in [-0.25, -0.2) is 4.98 Å². The number of hydrogen-bond donors (Lipinski definition) is 2. The third-order valence-electron chi connectivity index (χ3n) is 7.50. The molecule has 0 atom stereocenters. The van der Waals surface area contributed by atoms with Crippen molar-refractivity contribution in [3.8, 4) is 34.0 Å². The number of aromatic nitrogens is 2. The number of rotatable bonds is 8. The molecule has 0 fully saturated rings. The number of aromatic amines is 1. The van der Waals surface area contributed by atoms with Gasteiger partial charge in [0.1, 0.15) is 17.3 Å². The number of aromatic hydroxyl groups is 1. The van der Waals surface area contributed by atoms with Crippen molar-refractivity contribution in [1.29, 1.82) is 0 Å². The van der Waals surface area contributed by atoms with Crippen LogP contribution in [0.15, 0.2) is 77.8 Å². The second-order valence-corrected chi connectivity index (χ2v) is 10.9. The summed E-state index contributed by atoms with van der Waals surface area (Å²) in [4.78, 5) is 15.5. The second-order valence-electron chi connectivity index (χ2n) is 10.9. The van der Waals surface area contributed by atoms with Crippen LogP contribution in [0.5, 0.6) is 11.5 Å². The Balaban J connectivity index is 1.22. The van der Waals surface area contributed by atoms with Crippen molar-refractivity contribution in [2.45, 2.75) is 26.7 Å². The second kappa shape index (κ2) is 10.6. The highest BCUT2D eigenvalue weighted by Crippen LogP contribution is 2.35. The minimum atomic E-state index is 0.312. The molecule has 1 aliphatic heterocycles. The molecule has 0 spiro atoms. The van der Waals surface area contributed by atoms with Crippen LogP contribution in [0.4, 0.5) is 5.69 Å². The van der Waals surface area contributed by atoms with Gasteiger partial charge in [-0.05, 0) is 122 Å². The summed E-state index contributed by atoms with van der Waals surface area (Å²) in [7, 11) is 4.15. The van der Waals surface area contributed by atoms with E-state index in [1.165, 1.54) is 5.56 Å². The lowest BCUT2D eigenvalue weighted by atomic mass is 9.99. The smallest absolute Gasteiger partial charge is 0.138 e. The standard InChI is InChI=1S/C34H34N4O2/c1-21-16-25(9-12-32(21)39)30-20-26-7-6-23(18-29(26)35-30)24-8-11-28-31(19-24)37-34(36-28)27-10-13-33(22(2)17-27)40-15-5-14-38(3)4/h6-13,16-19,39H,5,14-15,20H2,1-4H3,(H,36,37). The average molecular weight is 531 g/mol. The van der Waals surface area contributed by atoms with E-state index in [9.17, 15) is 5.11 Å². The molecule has 0 aliphatic carbocycles. The van der Waals surface area contributed by atoms with E-state index >= 15 is 0 Å². The first-order valence-corrected chi connectivity index (χ1v) is 13.7. The number of aryl methyl sites for hydroxylation is 2. The first-order chi connectivity index (χ1) is 19.3. The van der Waals surface area contributed by atoms with Crippen molar-refractivity contribution in [3.63, 3.8) is 0 Å². The average Bonchev–Trinajstić information content (AvgIpc) is 3.56. The lowest BCUT2D eigenvalue weighted by Gasteiger charge is -2.12. The van der Waals surface area contributed by atoms with Gasteiger partial charge in [0, 0.05) is 18.5 Å². The molecule has 1 aromatic heterocycles. The van der Waals surface area contributed by atoms with Crippen molar-refractivity contribution in [2.24, 2.45) is 4.99 Å². The van der Waals surface area contributed by atoms with Gasteiger partial charge in [0.2, 0.25) is 0 Å². The van der Waals surface area contributed by atoms with E-state index in [2.05, 4.69) is 79.4 Å². The molecule has 0 unspecified atom stereocenters. The van der Waals surface area contributed by atoms with Gasteiger partial charge in [0.05, 0.1) is 29.0 Å². The number of hydrogen-bond acceptors (Lipinski definition) is 5. The van der Waals surface area contributed by atoms with Crippen LogP contribution in [0.2, 0.25) is 0 Å². The molecule has 0 saturated heterocycles. The van der Waals surface area contributed by atoms with Gasteiger partial charge in [0.15, 0.2) is 0 Å². The predicted octanol–water partition coefficient (Wildman–Crippen LogP) is 7.23. The van der Waals surface area contributed by atoms with E-state index in [0.29, 0.717) is 12.4 Å². The first kappa shape index (κ1) is 25.8. The topological polar surface area (TPSA) is 73.7 Å². The summed E-state index contributed by atoms with van der Waals surface area (Å²) in [5, 5.41) is 9.88. The Morgan fingerprint density at radius 1 is 0.850 bits per heavy atom. The quantitative estimate of drug-likeness (QED) is 0.208. The van der Waals surface area contributed by atoms with Gasteiger partial charge in [-0.1, -0.05) is 18.2 Å². The highest BCUT2D eigenvalue weighted by atomic mass is 16.5. The molecule has 6 nitrogen and oxygen atoms in total. The number of phenolic OH excluding ortho intramolecular Hbond substituents is 1. The molecule has 4 aromatic carbocycles. The minimum Gasteiger partial charge on any atom is -0.508 e. The fourth-order valence-corrected chi connectivity index (χ4v) is 5.21. The highest BCUT2D eigenvalue weighted by molar-refractivity contribution is 6.07. The highest BCUT2D eigenvalue weighted by Gasteiger charge is 2.18. The Kier molecular flexibility index (Phi) is 6.86. The fourth-order valence-electron chi connectivity index (χ4n) is 5.21. The molecule has 0 saturated carbocycles. The predicted molar refractivity (Wildman–Crippen MR) is 163 cm³/mol. The zero-order chi connectivity index (χ0) is 27.8. The summed E-state index contributed by atoms with van der Waals surface area (Å²) >= 11 is 0. The Hall–Kier alpha value is -4.42. The van der Waals surface area contributed by atoms with Crippen molar-refractivity contribution < 1.29 is 9.84 Å². The molecule has 0 radical (unpaired) electrons. The Labute approximate surface area is 235 Å². The van der Waals surface area contributed by atoms with E-state index < -0.39 is 0 Å². The molecule has 202 valence electrons. The summed E-state index contributed by atoms with van der Waals surface area (Å²) < 4.78 is 6.00. The summed E-state index contributed by atoms with van der Waals surface area (Å²) in [5.41, 5.74) is 11.5. The number of aliphatic imine (C=N–C) groups is 1. The summed E-state index contributed by atoms with van der Waals surface area (Å²) in [6.45, 7) is 5.71. The van der Waals surface area contributed by atoms with Crippen LogP contribution >= 0.6 is 0 Å². The maximum atomic E-state index is 9.88. The third-order valence-corrected chi connectivity index (χ3v) is 7.50. The summed E-state index contributed by atoms with van der Waals surface area (Å²) in [5.74, 6) is 2.08. The zero-order valence-corrected chi connectivity index (χ0v) is 23.5. The number of H-pyrrole nitrogens is 1. The number of ether oxygens (including phenoxy) is 1. The lowest BCUT2D eigenvalue weighted by Crippen LogP contribution is -2.15. The molecule has 40 heavy (non-hydrogen) atoms. The molecule has 1 aliphatic rings. The molecule has 2 N–H and O–H groups in total. The van der Waals surface area contributed by atoms with E-state index in [-0.39, 0.29) is 0 Å². The van der Waals surface area contributed by atoms with Gasteiger partial charge >= 0.3 is 0 Å². The van der Waals surface area contributed by atoms with Gasteiger partial charge in [-0.2, -0.15) is 0 Å². The van der Waals surface area contributed by atoms with Crippen LogP contribution in [-0.2, 0) is 6.42 Å². The maximum absolute atomic E-state index is 9.88. The number of nitrogens with one attached hydrogen (secondary N) is 1. The fraction of sp³-hybridized carbons (Fsp3) is 0.235. The maximum Gasteiger partial charge on any atom is 0.138 e. The molecular formula is C34H34N4O2. The molecule has 0 bridgehead atoms. The molecule has 0 amide bonds. The van der Waals surface area contributed by atoms with Crippen molar-refractivity contribution >= 4 is 22.4 Å². The monoisotopic (exact) mass is 530 g/mol. The molecule has 6 rings (SSSR count). The Morgan fingerprint density at radius 3 is 2.40 bits per heavy atom. The summed E-state index contributed by atoms with van der Waals surface area (Å²) in [6.07, 6.45) is 1.79. The minimum absolute atomic E-state index is 0.312. The van der Waals surface area contributed by atoms with Crippen LogP contribution in [0.25, 0.3) is 33.5 Å². The van der Waals surface area contributed by atoms with Crippen LogP contribution in [-0.4, -0.2) is 52.9 Å². The SMILES string of the molecule is Cc1cc(C2=Nc3cc(-c4ccc5nc(-c6ccc(OCCCN(C)C)c(C)c6)[nH]c5c4)ccc3C2)ccc1O. The number of imidazole rings is 1. The molecular weight excluding hydrogens is 496 g/mol. The van der Waals surface area contributed by atoms with Crippen LogP contribution < -0.4 is 4.74 Å². The van der Waals surface area contributed by atoms with E-state index in [1.54, 1.807) is 6.07 Å². The van der Waals surface area contributed by atoms with E-state index in [4.69, 9.17) is 14.7 Å².